The number of fused-ring (bicyclic) bond motifs is 1. The fraction of sp³-hybridized carbons (Fsp3) is 0.480. The van der Waals surface area contributed by atoms with E-state index in [-0.39, 0.29) is 11.9 Å². The number of likely N-dealkylation sites (tertiary alicyclic amines) is 1. The number of amides is 1. The predicted molar refractivity (Wildman–Crippen MR) is 123 cm³/mol. The Morgan fingerprint density at radius 1 is 1.06 bits per heavy atom. The van der Waals surface area contributed by atoms with Crippen LogP contribution in [0.1, 0.15) is 65.8 Å². The van der Waals surface area contributed by atoms with Gasteiger partial charge in [-0.05, 0) is 57.1 Å². The van der Waals surface area contributed by atoms with Crippen molar-refractivity contribution in [2.24, 2.45) is 5.92 Å². The Balaban J connectivity index is 1.48. The maximum absolute atomic E-state index is 13.4. The zero-order valence-electron chi connectivity index (χ0n) is 18.7. The molecule has 0 radical (unpaired) electrons. The van der Waals surface area contributed by atoms with Crippen LogP contribution in [0.5, 0.6) is 0 Å². The molecule has 2 aliphatic rings. The number of carbonyl (C=O) groups is 1. The highest BCUT2D eigenvalue weighted by Crippen LogP contribution is 2.33. The van der Waals surface area contributed by atoms with Gasteiger partial charge in [0, 0.05) is 43.0 Å². The minimum Gasteiger partial charge on any atom is -0.356 e. The molecule has 31 heavy (non-hydrogen) atoms. The Bertz CT molecular complexity index is 1120. The van der Waals surface area contributed by atoms with Crippen molar-refractivity contribution in [3.05, 3.63) is 58.9 Å². The van der Waals surface area contributed by atoms with Crippen LogP contribution in [0, 0.1) is 19.8 Å². The lowest BCUT2D eigenvalue weighted by molar-refractivity contribution is 0.0605. The highest BCUT2D eigenvalue weighted by molar-refractivity contribution is 5.96. The molecule has 2 aliphatic heterocycles. The number of hydrogen-bond acceptors (Lipinski definition) is 4. The maximum atomic E-state index is 13.4. The van der Waals surface area contributed by atoms with Gasteiger partial charge in [-0.2, -0.15) is 5.10 Å². The molecule has 4 heterocycles. The van der Waals surface area contributed by atoms with E-state index in [4.69, 9.17) is 10.1 Å². The van der Waals surface area contributed by atoms with Gasteiger partial charge in [-0.25, -0.2) is 9.50 Å². The molecule has 0 bridgehead atoms. The van der Waals surface area contributed by atoms with Crippen molar-refractivity contribution in [2.75, 3.05) is 24.5 Å². The lowest BCUT2D eigenvalue weighted by atomic mass is 9.97. The average Bonchev–Trinajstić information content (AvgIpc) is 3.38. The fourth-order valence-corrected chi connectivity index (χ4v) is 5.08. The van der Waals surface area contributed by atoms with Crippen LogP contribution >= 0.6 is 0 Å². The molecule has 0 aliphatic carbocycles. The van der Waals surface area contributed by atoms with Crippen molar-refractivity contribution in [3.63, 3.8) is 0 Å². The topological polar surface area (TPSA) is 53.7 Å². The van der Waals surface area contributed by atoms with Crippen molar-refractivity contribution in [1.82, 2.24) is 19.5 Å². The van der Waals surface area contributed by atoms with Gasteiger partial charge in [0.2, 0.25) is 0 Å². The van der Waals surface area contributed by atoms with E-state index in [0.717, 1.165) is 72.7 Å². The molecule has 0 spiro atoms. The molecule has 2 fully saturated rings. The van der Waals surface area contributed by atoms with Gasteiger partial charge in [-0.3, -0.25) is 4.79 Å². The lowest BCUT2D eigenvalue weighted by Gasteiger charge is -2.35. The molecule has 1 amide bonds. The second kappa shape index (κ2) is 7.98. The molecule has 6 heteroatoms. The van der Waals surface area contributed by atoms with Crippen molar-refractivity contribution in [1.29, 1.82) is 0 Å². The summed E-state index contributed by atoms with van der Waals surface area (Å²) >= 11 is 0. The number of hydrogen-bond donors (Lipinski definition) is 0. The Labute approximate surface area is 183 Å². The highest BCUT2D eigenvalue weighted by atomic mass is 16.2. The lowest BCUT2D eigenvalue weighted by Crippen LogP contribution is -2.39. The maximum Gasteiger partial charge on any atom is 0.254 e. The van der Waals surface area contributed by atoms with E-state index in [1.807, 2.05) is 40.6 Å². The van der Waals surface area contributed by atoms with Crippen LogP contribution in [0.2, 0.25) is 0 Å². The molecular weight excluding hydrogens is 386 g/mol. The molecule has 6 nitrogen and oxygen atoms in total. The first-order chi connectivity index (χ1) is 15.0. The van der Waals surface area contributed by atoms with Crippen molar-refractivity contribution in [3.8, 4) is 0 Å². The second-order valence-corrected chi connectivity index (χ2v) is 9.28. The van der Waals surface area contributed by atoms with E-state index >= 15 is 0 Å². The Morgan fingerprint density at radius 2 is 1.90 bits per heavy atom. The largest absolute Gasteiger partial charge is 0.356 e. The standard InChI is InChI=1S/C25H31N5O/c1-17-11-13-28(15-17)24-19(3)16-30-23(26-24)14-21(27-30)22-10-6-7-12-29(22)25(31)20-9-5-4-8-18(20)2/h4-5,8-9,14,16-17,22H,6-7,10-13,15H2,1-3H3/t17-,22-/m0/s1. The third-order valence-corrected chi connectivity index (χ3v) is 6.83. The SMILES string of the molecule is Cc1ccccc1C(=O)N1CCCC[C@H]1c1cc2nc(N3CC[C@H](C)C3)c(C)cn2n1. The molecule has 0 unspecified atom stereocenters. The van der Waals surface area contributed by atoms with E-state index in [2.05, 4.69) is 31.0 Å². The van der Waals surface area contributed by atoms with E-state index < -0.39 is 0 Å². The molecule has 0 N–H and O–H groups in total. The number of piperidine rings is 1. The van der Waals surface area contributed by atoms with Gasteiger partial charge in [-0.1, -0.05) is 25.1 Å². The van der Waals surface area contributed by atoms with Gasteiger partial charge in [-0.15, -0.1) is 0 Å². The Hall–Kier alpha value is -2.89. The molecule has 0 saturated carbocycles. The highest BCUT2D eigenvalue weighted by Gasteiger charge is 2.31. The first-order valence-electron chi connectivity index (χ1n) is 11.5. The Morgan fingerprint density at radius 3 is 2.68 bits per heavy atom. The number of benzene rings is 1. The molecule has 5 rings (SSSR count). The van der Waals surface area contributed by atoms with Crippen LogP contribution in [0.4, 0.5) is 5.82 Å². The Kier molecular flexibility index (Phi) is 5.16. The second-order valence-electron chi connectivity index (χ2n) is 9.28. The number of rotatable bonds is 3. The summed E-state index contributed by atoms with van der Waals surface area (Å²) in [4.78, 5) is 22.8. The third-order valence-electron chi connectivity index (χ3n) is 6.83. The van der Waals surface area contributed by atoms with Crippen LogP contribution in [-0.4, -0.2) is 45.0 Å². The van der Waals surface area contributed by atoms with Crippen molar-refractivity contribution >= 4 is 17.4 Å². The van der Waals surface area contributed by atoms with Crippen LogP contribution < -0.4 is 4.90 Å². The normalized spacial score (nSPS) is 21.8. The minimum atomic E-state index is -0.00174. The van der Waals surface area contributed by atoms with Crippen LogP contribution in [0.15, 0.2) is 36.5 Å². The summed E-state index contributed by atoms with van der Waals surface area (Å²) in [7, 11) is 0. The summed E-state index contributed by atoms with van der Waals surface area (Å²) in [6.07, 6.45) is 6.39. The molecule has 3 aromatic rings. The fourth-order valence-electron chi connectivity index (χ4n) is 5.08. The number of nitrogens with zero attached hydrogens (tertiary/aromatic N) is 5. The van der Waals surface area contributed by atoms with Gasteiger partial charge in [0.1, 0.15) is 5.82 Å². The van der Waals surface area contributed by atoms with E-state index in [1.165, 1.54) is 6.42 Å². The van der Waals surface area contributed by atoms with Crippen LogP contribution in [0.3, 0.4) is 0 Å². The third kappa shape index (κ3) is 3.68. The first kappa shape index (κ1) is 20.0. The van der Waals surface area contributed by atoms with E-state index in [9.17, 15) is 4.79 Å². The van der Waals surface area contributed by atoms with Gasteiger partial charge in [0.05, 0.1) is 11.7 Å². The summed E-state index contributed by atoms with van der Waals surface area (Å²) in [5, 5.41) is 4.87. The quantitative estimate of drug-likeness (QED) is 0.627. The van der Waals surface area contributed by atoms with Gasteiger partial charge in [0.15, 0.2) is 5.65 Å². The smallest absolute Gasteiger partial charge is 0.254 e. The van der Waals surface area contributed by atoms with Gasteiger partial charge in [0.25, 0.3) is 5.91 Å². The van der Waals surface area contributed by atoms with E-state index in [0.29, 0.717) is 5.92 Å². The monoisotopic (exact) mass is 417 g/mol. The van der Waals surface area contributed by atoms with E-state index in [1.54, 1.807) is 0 Å². The molecule has 162 valence electrons. The molecular formula is C25H31N5O. The van der Waals surface area contributed by atoms with Crippen molar-refractivity contribution in [2.45, 2.75) is 52.5 Å². The number of aromatic nitrogens is 3. The zero-order valence-corrected chi connectivity index (χ0v) is 18.7. The minimum absolute atomic E-state index is 0.00174. The van der Waals surface area contributed by atoms with Gasteiger partial charge >= 0.3 is 0 Å². The number of aryl methyl sites for hydroxylation is 2. The predicted octanol–water partition coefficient (Wildman–Crippen LogP) is 4.56. The van der Waals surface area contributed by atoms with Crippen LogP contribution in [-0.2, 0) is 0 Å². The zero-order chi connectivity index (χ0) is 21.5. The van der Waals surface area contributed by atoms with Crippen molar-refractivity contribution < 1.29 is 4.79 Å². The average molecular weight is 418 g/mol. The molecule has 2 saturated heterocycles. The first-order valence-corrected chi connectivity index (χ1v) is 11.5. The summed E-state index contributed by atoms with van der Waals surface area (Å²) < 4.78 is 1.89. The summed E-state index contributed by atoms with van der Waals surface area (Å²) in [5.74, 6) is 1.89. The number of carbonyl (C=O) groups excluding carboxylic acids is 1. The molecule has 2 aromatic heterocycles. The summed E-state index contributed by atoms with van der Waals surface area (Å²) in [6, 6.07) is 9.94. The van der Waals surface area contributed by atoms with Gasteiger partial charge < -0.3 is 9.80 Å². The molecule has 1 aromatic carbocycles. The summed E-state index contributed by atoms with van der Waals surface area (Å²) in [6.45, 7) is 9.31. The summed E-state index contributed by atoms with van der Waals surface area (Å²) in [5.41, 5.74) is 4.77. The number of anilines is 1. The molecule has 2 atom stereocenters. The van der Waals surface area contributed by atoms with Crippen LogP contribution in [0.25, 0.3) is 5.65 Å².